The molecule has 2 atom stereocenters. The summed E-state index contributed by atoms with van der Waals surface area (Å²) in [6.45, 7) is 10.0. The molecule has 156 valence electrons. The second-order valence-corrected chi connectivity index (χ2v) is 8.90. The number of allylic oxidation sites excluding steroid dienone is 5. The average Bonchev–Trinajstić information content (AvgIpc) is 3.28. The van der Waals surface area contributed by atoms with Crippen LogP contribution in [0.5, 0.6) is 0 Å². The van der Waals surface area contributed by atoms with Gasteiger partial charge in [0, 0.05) is 57.2 Å². The van der Waals surface area contributed by atoms with Crippen molar-refractivity contribution in [2.24, 2.45) is 5.92 Å². The molecule has 0 aromatic carbocycles. The second kappa shape index (κ2) is 8.31. The third kappa shape index (κ3) is 3.85. The fourth-order valence-electron chi connectivity index (χ4n) is 5.25. The van der Waals surface area contributed by atoms with Crippen LogP contribution in [-0.4, -0.2) is 61.7 Å². The Bertz CT molecular complexity index is 781. The van der Waals surface area contributed by atoms with Crippen LogP contribution >= 0.6 is 0 Å². The third-order valence-electron chi connectivity index (χ3n) is 7.11. The van der Waals surface area contributed by atoms with E-state index in [0.29, 0.717) is 0 Å². The Kier molecular flexibility index (Phi) is 5.40. The molecule has 0 aromatic rings. The minimum Gasteiger partial charge on any atom is -0.375 e. The highest BCUT2D eigenvalue weighted by atomic mass is 15.3. The van der Waals surface area contributed by atoms with Crippen molar-refractivity contribution in [3.8, 4) is 0 Å². The lowest BCUT2D eigenvalue weighted by Gasteiger charge is -2.37. The first-order valence-corrected chi connectivity index (χ1v) is 11.6. The van der Waals surface area contributed by atoms with Gasteiger partial charge in [-0.2, -0.15) is 0 Å². The van der Waals surface area contributed by atoms with Gasteiger partial charge in [-0.3, -0.25) is 0 Å². The number of nitrogens with one attached hydrogen (secondary N) is 3. The maximum Gasteiger partial charge on any atom is 0.102 e. The van der Waals surface area contributed by atoms with Crippen LogP contribution in [-0.2, 0) is 0 Å². The monoisotopic (exact) mass is 393 g/mol. The number of hydrogen-bond donors (Lipinski definition) is 3. The smallest absolute Gasteiger partial charge is 0.102 e. The highest BCUT2D eigenvalue weighted by Crippen LogP contribution is 2.35. The summed E-state index contributed by atoms with van der Waals surface area (Å²) in [7, 11) is 0. The Morgan fingerprint density at radius 1 is 1.10 bits per heavy atom. The Hall–Kier alpha value is -2.14. The minimum atomic E-state index is 0.278. The van der Waals surface area contributed by atoms with Crippen molar-refractivity contribution in [3.63, 3.8) is 0 Å². The van der Waals surface area contributed by atoms with Crippen LogP contribution in [0.25, 0.3) is 0 Å². The average molecular weight is 394 g/mol. The van der Waals surface area contributed by atoms with Crippen LogP contribution in [0.2, 0.25) is 0 Å². The van der Waals surface area contributed by atoms with Gasteiger partial charge in [0.25, 0.3) is 0 Å². The van der Waals surface area contributed by atoms with Crippen LogP contribution in [0.15, 0.2) is 58.7 Å². The van der Waals surface area contributed by atoms with E-state index in [-0.39, 0.29) is 6.04 Å². The molecule has 0 saturated carbocycles. The summed E-state index contributed by atoms with van der Waals surface area (Å²) in [4.78, 5) is 5.12. The summed E-state index contributed by atoms with van der Waals surface area (Å²) in [6.07, 6.45) is 16.7. The maximum atomic E-state index is 3.83. The first kappa shape index (κ1) is 18.9. The van der Waals surface area contributed by atoms with Gasteiger partial charge in [-0.15, -0.1) is 0 Å². The van der Waals surface area contributed by atoms with Gasteiger partial charge in [0.15, 0.2) is 0 Å². The van der Waals surface area contributed by atoms with Crippen molar-refractivity contribution < 1.29 is 0 Å². The SMILES string of the molecule is CCC1CCN(C2=CC(C3=CC=C(N4CCNCC4)NC3)NC3=C2CCC=C3)C1. The van der Waals surface area contributed by atoms with Crippen LogP contribution in [0.3, 0.4) is 0 Å². The van der Waals surface area contributed by atoms with Gasteiger partial charge in [0.2, 0.25) is 0 Å². The molecule has 29 heavy (non-hydrogen) atoms. The first-order valence-electron chi connectivity index (χ1n) is 11.6. The Morgan fingerprint density at radius 3 is 2.76 bits per heavy atom. The van der Waals surface area contributed by atoms with E-state index in [1.807, 2.05) is 0 Å². The number of nitrogens with zero attached hydrogens (tertiary/aromatic N) is 2. The molecule has 0 bridgehead atoms. The molecule has 3 N–H and O–H groups in total. The summed E-state index contributed by atoms with van der Waals surface area (Å²) in [5.41, 5.74) is 5.80. The molecule has 2 saturated heterocycles. The molecular formula is C24H35N5. The number of likely N-dealkylation sites (tertiary alicyclic amines) is 1. The van der Waals surface area contributed by atoms with Crippen molar-refractivity contribution in [2.45, 2.75) is 38.6 Å². The molecule has 1 aliphatic carbocycles. The fourth-order valence-corrected chi connectivity index (χ4v) is 5.25. The number of rotatable bonds is 4. The molecule has 0 spiro atoms. The van der Waals surface area contributed by atoms with Crippen molar-refractivity contribution in [3.05, 3.63) is 58.7 Å². The summed E-state index contributed by atoms with van der Waals surface area (Å²) in [5, 5.41) is 10.9. The largest absolute Gasteiger partial charge is 0.375 e. The number of dihydropyridines is 2. The predicted octanol–water partition coefficient (Wildman–Crippen LogP) is 2.45. The highest BCUT2D eigenvalue weighted by molar-refractivity contribution is 5.48. The Morgan fingerprint density at radius 2 is 2.00 bits per heavy atom. The number of hydrogen-bond acceptors (Lipinski definition) is 5. The normalized spacial score (nSPS) is 29.6. The molecule has 2 unspecified atom stereocenters. The van der Waals surface area contributed by atoms with Crippen molar-refractivity contribution in [2.75, 3.05) is 45.8 Å². The standard InChI is InChI=1S/C24H35N5/c1-2-18-9-12-29(17-18)23-15-22(27-21-6-4-3-5-20(21)23)19-7-8-24(26-16-19)28-13-10-25-11-14-28/h4,6-8,15,18,22,25-27H,2-3,5,9-14,16-17H2,1H3. The quantitative estimate of drug-likeness (QED) is 0.685. The zero-order valence-electron chi connectivity index (χ0n) is 17.7. The Balaban J connectivity index is 1.38. The van der Waals surface area contributed by atoms with Gasteiger partial charge < -0.3 is 25.8 Å². The molecule has 4 heterocycles. The summed E-state index contributed by atoms with van der Waals surface area (Å²) < 4.78 is 0. The lowest BCUT2D eigenvalue weighted by molar-refractivity contribution is 0.281. The van der Waals surface area contributed by atoms with E-state index in [1.54, 1.807) is 0 Å². The molecular weight excluding hydrogens is 358 g/mol. The second-order valence-electron chi connectivity index (χ2n) is 8.90. The van der Waals surface area contributed by atoms with E-state index in [0.717, 1.165) is 51.5 Å². The van der Waals surface area contributed by atoms with Gasteiger partial charge in [-0.05, 0) is 54.6 Å². The van der Waals surface area contributed by atoms with Gasteiger partial charge in [0.1, 0.15) is 5.82 Å². The number of piperazine rings is 1. The van der Waals surface area contributed by atoms with Gasteiger partial charge in [-0.25, -0.2) is 0 Å². The lowest BCUT2D eigenvalue weighted by Crippen LogP contribution is -2.47. The zero-order valence-corrected chi connectivity index (χ0v) is 17.7. The minimum absolute atomic E-state index is 0.278. The molecule has 2 fully saturated rings. The van der Waals surface area contributed by atoms with E-state index in [9.17, 15) is 0 Å². The molecule has 5 heteroatoms. The van der Waals surface area contributed by atoms with Crippen LogP contribution in [0, 0.1) is 5.92 Å². The lowest BCUT2D eigenvalue weighted by atomic mass is 9.90. The van der Waals surface area contributed by atoms with Crippen molar-refractivity contribution in [1.82, 2.24) is 25.8 Å². The molecule has 5 aliphatic rings. The zero-order chi connectivity index (χ0) is 19.6. The first-order chi connectivity index (χ1) is 14.3. The molecule has 0 aromatic heterocycles. The van der Waals surface area contributed by atoms with Crippen LogP contribution < -0.4 is 16.0 Å². The van der Waals surface area contributed by atoms with Gasteiger partial charge >= 0.3 is 0 Å². The summed E-state index contributed by atoms with van der Waals surface area (Å²) >= 11 is 0. The van der Waals surface area contributed by atoms with E-state index in [1.165, 1.54) is 54.3 Å². The molecule has 5 rings (SSSR count). The molecule has 5 nitrogen and oxygen atoms in total. The topological polar surface area (TPSA) is 42.6 Å². The van der Waals surface area contributed by atoms with Crippen LogP contribution in [0.1, 0.15) is 32.6 Å². The van der Waals surface area contributed by atoms with Gasteiger partial charge in [0.05, 0.1) is 6.04 Å². The molecule has 0 amide bonds. The fraction of sp³-hybridized carbons (Fsp3) is 0.583. The summed E-state index contributed by atoms with van der Waals surface area (Å²) in [5.74, 6) is 2.13. The van der Waals surface area contributed by atoms with Crippen molar-refractivity contribution in [1.29, 1.82) is 0 Å². The van der Waals surface area contributed by atoms with E-state index < -0.39 is 0 Å². The maximum absolute atomic E-state index is 3.83. The third-order valence-corrected chi connectivity index (χ3v) is 7.11. The van der Waals surface area contributed by atoms with Gasteiger partial charge in [-0.1, -0.05) is 25.5 Å². The van der Waals surface area contributed by atoms with E-state index in [2.05, 4.69) is 63.1 Å². The van der Waals surface area contributed by atoms with E-state index in [4.69, 9.17) is 0 Å². The highest BCUT2D eigenvalue weighted by Gasteiger charge is 2.31. The van der Waals surface area contributed by atoms with E-state index >= 15 is 0 Å². The summed E-state index contributed by atoms with van der Waals surface area (Å²) in [6, 6.07) is 0.278. The predicted molar refractivity (Wildman–Crippen MR) is 119 cm³/mol. The van der Waals surface area contributed by atoms with Crippen LogP contribution in [0.4, 0.5) is 0 Å². The van der Waals surface area contributed by atoms with Crippen molar-refractivity contribution >= 4 is 0 Å². The molecule has 0 radical (unpaired) electrons. The Labute approximate surface area is 175 Å². The molecule has 4 aliphatic heterocycles.